The summed E-state index contributed by atoms with van der Waals surface area (Å²) < 4.78 is 0. The predicted octanol–water partition coefficient (Wildman–Crippen LogP) is 3.51. The van der Waals surface area contributed by atoms with E-state index in [4.69, 9.17) is 0 Å². The van der Waals surface area contributed by atoms with Gasteiger partial charge in [-0.15, -0.1) is 23.1 Å². The fraction of sp³-hybridized carbons (Fsp3) is 0.412. The molecule has 0 saturated heterocycles. The maximum absolute atomic E-state index is 12.4. The summed E-state index contributed by atoms with van der Waals surface area (Å²) in [6.45, 7) is 7.84. The molecule has 6 heteroatoms. The summed E-state index contributed by atoms with van der Waals surface area (Å²) in [6.07, 6.45) is 0. The minimum Gasteiger partial charge on any atom is -0.351 e. The highest BCUT2D eigenvalue weighted by atomic mass is 32.2. The molecule has 0 fully saturated rings. The Bertz CT molecular complexity index is 598. The highest BCUT2D eigenvalue weighted by molar-refractivity contribution is 7.98. The van der Waals surface area contributed by atoms with Crippen LogP contribution in [0.15, 0.2) is 40.1 Å². The zero-order chi connectivity index (χ0) is 16.5. The molecule has 0 bridgehead atoms. The fourth-order valence-corrected chi connectivity index (χ4v) is 3.82. The summed E-state index contributed by atoms with van der Waals surface area (Å²) in [7, 11) is 0. The van der Waals surface area contributed by atoms with E-state index >= 15 is 0 Å². The summed E-state index contributed by atoms with van der Waals surface area (Å²) in [5.74, 6) is 0.784. The van der Waals surface area contributed by atoms with Crippen molar-refractivity contribution in [3.05, 3.63) is 46.4 Å². The molecule has 0 unspecified atom stereocenters. The summed E-state index contributed by atoms with van der Waals surface area (Å²) >= 11 is 3.25. The van der Waals surface area contributed by atoms with Gasteiger partial charge in [-0.25, -0.2) is 4.98 Å². The van der Waals surface area contributed by atoms with Gasteiger partial charge < -0.3 is 10.2 Å². The van der Waals surface area contributed by atoms with E-state index in [0.717, 1.165) is 41.5 Å². The Balaban J connectivity index is 1.91. The zero-order valence-corrected chi connectivity index (χ0v) is 15.3. The van der Waals surface area contributed by atoms with Crippen molar-refractivity contribution < 1.29 is 4.79 Å². The van der Waals surface area contributed by atoms with Crippen molar-refractivity contribution >= 4 is 29.0 Å². The van der Waals surface area contributed by atoms with E-state index in [1.54, 1.807) is 23.1 Å². The van der Waals surface area contributed by atoms with Gasteiger partial charge in [0.15, 0.2) is 0 Å². The highest BCUT2D eigenvalue weighted by Gasteiger charge is 2.11. The van der Waals surface area contributed by atoms with Crippen LogP contribution in [0.5, 0.6) is 0 Å². The first-order chi connectivity index (χ1) is 11.2. The number of thiazole rings is 1. The topological polar surface area (TPSA) is 45.2 Å². The molecular formula is C17H23N3OS2. The van der Waals surface area contributed by atoms with E-state index in [1.165, 1.54) is 0 Å². The Morgan fingerprint density at radius 3 is 2.78 bits per heavy atom. The number of rotatable bonds is 9. The van der Waals surface area contributed by atoms with Crippen molar-refractivity contribution in [1.29, 1.82) is 0 Å². The average Bonchev–Trinajstić information content (AvgIpc) is 3.10. The minimum absolute atomic E-state index is 0.00136. The van der Waals surface area contributed by atoms with Crippen LogP contribution < -0.4 is 5.32 Å². The Morgan fingerprint density at radius 2 is 2.09 bits per heavy atom. The first-order valence-corrected chi connectivity index (χ1v) is 9.76. The lowest BCUT2D eigenvalue weighted by Gasteiger charge is -2.18. The molecule has 0 radical (unpaired) electrons. The number of nitrogens with one attached hydrogen (secondary N) is 1. The Hall–Kier alpha value is -1.37. The van der Waals surface area contributed by atoms with Crippen molar-refractivity contribution in [1.82, 2.24) is 15.2 Å². The maximum Gasteiger partial charge on any atom is 0.252 e. The Labute approximate surface area is 146 Å². The van der Waals surface area contributed by atoms with Crippen LogP contribution in [-0.4, -0.2) is 42.0 Å². The number of carbonyl (C=O) groups is 1. The number of likely N-dealkylation sites (N-methyl/N-ethyl adjacent to an activating group) is 1. The molecule has 0 atom stereocenters. The van der Waals surface area contributed by atoms with Crippen LogP contribution in [0.3, 0.4) is 0 Å². The fourth-order valence-electron chi connectivity index (χ4n) is 2.20. The van der Waals surface area contributed by atoms with Crippen molar-refractivity contribution in [2.75, 3.05) is 26.2 Å². The molecule has 4 nitrogen and oxygen atoms in total. The summed E-state index contributed by atoms with van der Waals surface area (Å²) in [6, 6.07) is 7.76. The second kappa shape index (κ2) is 9.70. The smallest absolute Gasteiger partial charge is 0.252 e. The van der Waals surface area contributed by atoms with Crippen LogP contribution in [0.25, 0.3) is 0 Å². The molecule has 2 rings (SSSR count). The van der Waals surface area contributed by atoms with Crippen LogP contribution in [0.4, 0.5) is 0 Å². The molecule has 0 aliphatic rings. The van der Waals surface area contributed by atoms with E-state index in [0.29, 0.717) is 6.54 Å². The number of nitrogens with zero attached hydrogens (tertiary/aromatic N) is 2. The molecule has 0 spiro atoms. The molecule has 0 saturated carbocycles. The number of benzene rings is 1. The van der Waals surface area contributed by atoms with Crippen molar-refractivity contribution in [2.24, 2.45) is 0 Å². The molecule has 1 aromatic heterocycles. The van der Waals surface area contributed by atoms with Gasteiger partial charge in [-0.05, 0) is 25.2 Å². The summed E-state index contributed by atoms with van der Waals surface area (Å²) in [5, 5.41) is 5.07. The number of carbonyl (C=O) groups excluding carboxylic acids is 1. The van der Waals surface area contributed by atoms with Crippen molar-refractivity contribution in [3.63, 3.8) is 0 Å². The van der Waals surface area contributed by atoms with Gasteiger partial charge in [0.05, 0.1) is 16.8 Å². The first kappa shape index (κ1) is 18.0. The van der Waals surface area contributed by atoms with Crippen LogP contribution >= 0.6 is 23.1 Å². The average molecular weight is 350 g/mol. The highest BCUT2D eigenvalue weighted by Crippen LogP contribution is 2.26. The zero-order valence-electron chi connectivity index (χ0n) is 13.6. The van der Waals surface area contributed by atoms with E-state index in [9.17, 15) is 4.79 Å². The van der Waals surface area contributed by atoms with Gasteiger partial charge in [-0.1, -0.05) is 26.0 Å². The molecule has 0 aliphatic carbocycles. The van der Waals surface area contributed by atoms with E-state index < -0.39 is 0 Å². The third-order valence-corrected chi connectivity index (χ3v) is 5.34. The monoisotopic (exact) mass is 349 g/mol. The summed E-state index contributed by atoms with van der Waals surface area (Å²) in [5.41, 5.74) is 3.63. The van der Waals surface area contributed by atoms with Gasteiger partial charge in [0.25, 0.3) is 5.91 Å². The third-order valence-electron chi connectivity index (χ3n) is 3.60. The maximum atomic E-state index is 12.4. The molecule has 1 aromatic carbocycles. The van der Waals surface area contributed by atoms with Crippen LogP contribution in [-0.2, 0) is 5.75 Å². The lowest BCUT2D eigenvalue weighted by atomic mass is 10.2. The number of amides is 1. The van der Waals surface area contributed by atoms with Crippen LogP contribution in [0.2, 0.25) is 0 Å². The second-order valence-corrected chi connectivity index (χ2v) is 6.78. The lowest BCUT2D eigenvalue weighted by molar-refractivity contribution is 0.0946. The lowest BCUT2D eigenvalue weighted by Crippen LogP contribution is -2.34. The van der Waals surface area contributed by atoms with E-state index in [2.05, 4.69) is 29.0 Å². The number of aromatic nitrogens is 1. The Morgan fingerprint density at radius 1 is 1.30 bits per heavy atom. The molecule has 1 amide bonds. The number of hydrogen-bond donors (Lipinski definition) is 1. The second-order valence-electron chi connectivity index (χ2n) is 5.05. The van der Waals surface area contributed by atoms with Crippen molar-refractivity contribution in [3.8, 4) is 0 Å². The Kier molecular flexibility index (Phi) is 7.58. The van der Waals surface area contributed by atoms with Crippen LogP contribution in [0, 0.1) is 0 Å². The molecule has 1 heterocycles. The SMILES string of the molecule is CCN(CC)CCNC(=O)c1ccccc1SCc1cscn1. The van der Waals surface area contributed by atoms with Gasteiger partial charge in [-0.2, -0.15) is 0 Å². The minimum atomic E-state index is -0.00136. The predicted molar refractivity (Wildman–Crippen MR) is 98.2 cm³/mol. The quantitative estimate of drug-likeness (QED) is 0.704. The van der Waals surface area contributed by atoms with Gasteiger partial charge in [0, 0.05) is 29.1 Å². The van der Waals surface area contributed by atoms with Gasteiger partial charge in [0.2, 0.25) is 0 Å². The number of thioether (sulfide) groups is 1. The normalized spacial score (nSPS) is 10.9. The summed E-state index contributed by atoms with van der Waals surface area (Å²) in [4.78, 5) is 20.0. The molecule has 0 aliphatic heterocycles. The molecule has 2 aromatic rings. The van der Waals surface area contributed by atoms with Crippen molar-refractivity contribution in [2.45, 2.75) is 24.5 Å². The van der Waals surface area contributed by atoms with Crippen LogP contribution in [0.1, 0.15) is 29.9 Å². The number of hydrogen-bond acceptors (Lipinski definition) is 5. The van der Waals surface area contributed by atoms with E-state index in [-0.39, 0.29) is 5.91 Å². The largest absolute Gasteiger partial charge is 0.351 e. The van der Waals surface area contributed by atoms with E-state index in [1.807, 2.05) is 35.2 Å². The molecule has 124 valence electrons. The van der Waals surface area contributed by atoms with Gasteiger partial charge >= 0.3 is 0 Å². The standard InChI is InChI=1S/C17H23N3OS2/c1-3-20(4-2)10-9-18-17(21)15-7-5-6-8-16(15)23-12-14-11-22-13-19-14/h5-8,11,13H,3-4,9-10,12H2,1-2H3,(H,18,21). The van der Waals surface area contributed by atoms with Gasteiger partial charge in [-0.3, -0.25) is 4.79 Å². The third kappa shape index (κ3) is 5.64. The van der Waals surface area contributed by atoms with Gasteiger partial charge in [0.1, 0.15) is 0 Å². The molecular weight excluding hydrogens is 326 g/mol. The first-order valence-electron chi connectivity index (χ1n) is 7.84. The molecule has 1 N–H and O–H groups in total. The molecule has 23 heavy (non-hydrogen) atoms.